The molecule has 0 spiro atoms. The van der Waals surface area contributed by atoms with Crippen molar-refractivity contribution in [2.45, 2.75) is 32.1 Å². The highest BCUT2D eigenvalue weighted by molar-refractivity contribution is 5.76. The van der Waals surface area contributed by atoms with E-state index >= 15 is 0 Å². The van der Waals surface area contributed by atoms with Gasteiger partial charge in [-0.15, -0.1) is 0 Å². The van der Waals surface area contributed by atoms with Gasteiger partial charge in [-0.2, -0.15) is 0 Å². The fourth-order valence-corrected chi connectivity index (χ4v) is 2.59. The minimum absolute atomic E-state index is 0.0116. The Morgan fingerprint density at radius 3 is 1.92 bits per heavy atom. The Hall–Kier alpha value is -2.90. The molecule has 24 heavy (non-hydrogen) atoms. The van der Waals surface area contributed by atoms with Crippen LogP contribution in [-0.4, -0.2) is 25.4 Å². The largest absolute Gasteiger partial charge is 0.426 e. The second-order valence-electron chi connectivity index (χ2n) is 5.15. The van der Waals surface area contributed by atoms with Crippen LogP contribution in [0, 0.1) is 5.92 Å². The van der Waals surface area contributed by atoms with Crippen molar-refractivity contribution in [3.8, 4) is 23.0 Å². The van der Waals surface area contributed by atoms with Crippen LogP contribution in [0.4, 0.5) is 0 Å². The van der Waals surface area contributed by atoms with Crippen LogP contribution < -0.4 is 18.9 Å². The Kier molecular flexibility index (Phi) is 6.30. The molecule has 0 radical (unpaired) electrons. The van der Waals surface area contributed by atoms with Gasteiger partial charge in [0.1, 0.15) is 5.75 Å². The minimum atomic E-state index is -0.409. The van der Waals surface area contributed by atoms with Gasteiger partial charge in [0.05, 0.1) is 5.92 Å². The van der Waals surface area contributed by atoms with Crippen LogP contribution in [0.25, 0.3) is 0 Å². The van der Waals surface area contributed by atoms with Crippen molar-refractivity contribution in [1.82, 2.24) is 0 Å². The first-order valence-corrected chi connectivity index (χ1v) is 7.40. The predicted octanol–water partition coefficient (Wildman–Crippen LogP) is 1.78. The molecular weight excluding hydrogens is 320 g/mol. The summed E-state index contributed by atoms with van der Waals surface area (Å²) in [6.07, 6.45) is 4.52. The maximum atomic E-state index is 12.2. The first kappa shape index (κ1) is 17.5. The van der Waals surface area contributed by atoms with E-state index in [1.54, 1.807) is 0 Å². The molecule has 0 aliphatic heterocycles. The van der Waals surface area contributed by atoms with Gasteiger partial charge >= 0.3 is 5.97 Å². The zero-order chi connectivity index (χ0) is 17.4. The van der Waals surface area contributed by atoms with Crippen LogP contribution in [0.1, 0.15) is 32.1 Å². The summed E-state index contributed by atoms with van der Waals surface area (Å²) in [4.78, 5) is 43.9. The maximum Gasteiger partial charge on any atom is 0.314 e. The van der Waals surface area contributed by atoms with E-state index in [9.17, 15) is 19.2 Å². The molecule has 0 atom stereocenters. The highest BCUT2D eigenvalue weighted by Gasteiger charge is 2.24. The highest BCUT2D eigenvalue weighted by Crippen LogP contribution is 2.41. The normalized spacial score (nSPS) is 14.3. The number of hydrogen-bond donors (Lipinski definition) is 0. The average Bonchev–Trinajstić information content (AvgIpc) is 2.59. The zero-order valence-corrected chi connectivity index (χ0v) is 12.8. The van der Waals surface area contributed by atoms with Gasteiger partial charge in [-0.25, -0.2) is 0 Å². The molecule has 0 amide bonds. The zero-order valence-electron chi connectivity index (χ0n) is 12.8. The summed E-state index contributed by atoms with van der Waals surface area (Å²) in [6, 6.07) is 2.40. The van der Waals surface area contributed by atoms with Crippen molar-refractivity contribution >= 4 is 25.4 Å². The third-order valence-corrected chi connectivity index (χ3v) is 3.67. The van der Waals surface area contributed by atoms with Crippen molar-refractivity contribution in [2.75, 3.05) is 0 Å². The molecule has 128 valence electrons. The molecule has 0 N–H and O–H groups in total. The molecule has 1 aromatic carbocycles. The summed E-state index contributed by atoms with van der Waals surface area (Å²) < 4.78 is 19.3. The van der Waals surface area contributed by atoms with Crippen molar-refractivity contribution in [2.24, 2.45) is 5.92 Å². The summed E-state index contributed by atoms with van der Waals surface area (Å²) >= 11 is 0. The minimum Gasteiger partial charge on any atom is -0.426 e. The average molecular weight is 336 g/mol. The molecule has 8 heteroatoms. The van der Waals surface area contributed by atoms with Gasteiger partial charge in [0.2, 0.25) is 5.75 Å². The Labute approximate surface area is 137 Å². The molecule has 8 nitrogen and oxygen atoms in total. The van der Waals surface area contributed by atoms with Crippen LogP contribution in [0.5, 0.6) is 23.0 Å². The number of ether oxygens (including phenoxy) is 4. The summed E-state index contributed by atoms with van der Waals surface area (Å²) in [5, 5.41) is 0. The summed E-state index contributed by atoms with van der Waals surface area (Å²) in [6.45, 7) is 0.285. The van der Waals surface area contributed by atoms with Gasteiger partial charge in [0.25, 0.3) is 19.4 Å². The summed E-state index contributed by atoms with van der Waals surface area (Å²) in [5.74, 6) is -1.31. The monoisotopic (exact) mass is 336 g/mol. The van der Waals surface area contributed by atoms with Crippen LogP contribution in [0.15, 0.2) is 12.1 Å². The second kappa shape index (κ2) is 8.66. The standard InChI is InChI=1S/C16H16O8/c17-8-21-13-6-12(7-14(22-9-18)15(13)23-10-19)24-16(20)11-4-2-1-3-5-11/h6-11H,1-5H2. The van der Waals surface area contributed by atoms with Gasteiger partial charge < -0.3 is 18.9 Å². The Morgan fingerprint density at radius 1 is 0.875 bits per heavy atom. The first-order valence-electron chi connectivity index (χ1n) is 7.40. The SMILES string of the molecule is O=COc1cc(OC(=O)C2CCCCC2)cc(OC=O)c1OC=O. The van der Waals surface area contributed by atoms with Crippen molar-refractivity contribution in [3.63, 3.8) is 0 Å². The van der Waals surface area contributed by atoms with E-state index in [4.69, 9.17) is 14.2 Å². The molecule has 1 aromatic rings. The Bertz CT molecular complexity index is 587. The van der Waals surface area contributed by atoms with E-state index in [2.05, 4.69) is 4.74 Å². The molecule has 2 rings (SSSR count). The highest BCUT2D eigenvalue weighted by atomic mass is 16.6. The van der Waals surface area contributed by atoms with Crippen molar-refractivity contribution in [3.05, 3.63) is 12.1 Å². The number of esters is 1. The van der Waals surface area contributed by atoms with Crippen LogP contribution in [0.2, 0.25) is 0 Å². The molecule has 1 fully saturated rings. The van der Waals surface area contributed by atoms with Gasteiger partial charge in [0, 0.05) is 12.1 Å². The Balaban J connectivity index is 2.27. The molecule has 0 heterocycles. The maximum absolute atomic E-state index is 12.2. The molecule has 0 aromatic heterocycles. The molecule has 1 aliphatic rings. The van der Waals surface area contributed by atoms with Gasteiger partial charge in [-0.3, -0.25) is 19.2 Å². The molecule has 1 aliphatic carbocycles. The third kappa shape index (κ3) is 4.31. The van der Waals surface area contributed by atoms with Crippen molar-refractivity contribution in [1.29, 1.82) is 0 Å². The molecule has 0 unspecified atom stereocenters. The predicted molar refractivity (Wildman–Crippen MR) is 78.7 cm³/mol. The smallest absolute Gasteiger partial charge is 0.314 e. The number of benzene rings is 1. The van der Waals surface area contributed by atoms with Gasteiger partial charge in [-0.05, 0) is 12.8 Å². The Morgan fingerprint density at radius 2 is 1.42 bits per heavy atom. The van der Waals surface area contributed by atoms with E-state index in [0.29, 0.717) is 0 Å². The fraction of sp³-hybridized carbons (Fsp3) is 0.375. The van der Waals surface area contributed by atoms with Crippen LogP contribution in [-0.2, 0) is 19.2 Å². The number of carbonyl (C=O) groups is 4. The van der Waals surface area contributed by atoms with E-state index in [1.807, 2.05) is 0 Å². The molecule has 1 saturated carbocycles. The van der Waals surface area contributed by atoms with Crippen LogP contribution in [0.3, 0.4) is 0 Å². The lowest BCUT2D eigenvalue weighted by Gasteiger charge is -2.20. The fourth-order valence-electron chi connectivity index (χ4n) is 2.59. The molecule has 0 saturated heterocycles. The van der Waals surface area contributed by atoms with Gasteiger partial charge in [-0.1, -0.05) is 19.3 Å². The van der Waals surface area contributed by atoms with Crippen LogP contribution >= 0.6 is 0 Å². The lowest BCUT2D eigenvalue weighted by atomic mass is 9.89. The van der Waals surface area contributed by atoms with E-state index in [0.717, 1.165) is 32.1 Å². The van der Waals surface area contributed by atoms with Gasteiger partial charge in [0.15, 0.2) is 11.5 Å². The topological polar surface area (TPSA) is 105 Å². The molecular formula is C16H16O8. The van der Waals surface area contributed by atoms with Crippen molar-refractivity contribution < 1.29 is 38.1 Å². The number of rotatable bonds is 8. The summed E-state index contributed by atoms with van der Waals surface area (Å²) in [7, 11) is 0. The van der Waals surface area contributed by atoms with E-state index in [-0.39, 0.29) is 48.3 Å². The lowest BCUT2D eigenvalue weighted by molar-refractivity contribution is -0.140. The summed E-state index contributed by atoms with van der Waals surface area (Å²) in [5.41, 5.74) is 0. The number of hydrogen-bond acceptors (Lipinski definition) is 8. The second-order valence-corrected chi connectivity index (χ2v) is 5.15. The van der Waals surface area contributed by atoms with E-state index < -0.39 is 5.97 Å². The lowest BCUT2D eigenvalue weighted by Crippen LogP contribution is -2.22. The van der Waals surface area contributed by atoms with E-state index in [1.165, 1.54) is 12.1 Å². The quantitative estimate of drug-likeness (QED) is 0.402. The third-order valence-electron chi connectivity index (χ3n) is 3.67. The first-order chi connectivity index (χ1) is 11.7. The number of carbonyl (C=O) groups excluding carboxylic acids is 4. The molecule has 0 bridgehead atoms.